The number of fused-ring (bicyclic) bond motifs is 3. The lowest BCUT2D eigenvalue weighted by molar-refractivity contribution is 0.742. The van der Waals surface area contributed by atoms with Crippen molar-refractivity contribution in [2.45, 2.75) is 13.0 Å². The maximum absolute atomic E-state index is 6.53. The van der Waals surface area contributed by atoms with Crippen LogP contribution in [-0.2, 0) is 0 Å². The first-order chi connectivity index (χ1) is 22.6. The molecular formula is C42H32N4. The number of aromatic nitrogens is 2. The van der Waals surface area contributed by atoms with Gasteiger partial charge in [0.2, 0.25) is 0 Å². The number of nitrogens with two attached hydrogens (primary N) is 1. The molecule has 2 aliphatic rings. The lowest BCUT2D eigenvalue weighted by Gasteiger charge is -2.29. The van der Waals surface area contributed by atoms with E-state index in [1.54, 1.807) is 0 Å². The minimum absolute atomic E-state index is 0.0263. The minimum Gasteiger partial charge on any atom is -0.400 e. The van der Waals surface area contributed by atoms with Gasteiger partial charge in [-0.25, -0.2) is 4.98 Å². The molecular weight excluding hydrogens is 560 g/mol. The number of hydrogen-bond donors (Lipinski definition) is 2. The van der Waals surface area contributed by atoms with Crippen molar-refractivity contribution in [3.05, 3.63) is 174 Å². The second kappa shape index (κ2) is 11.5. The average Bonchev–Trinajstić information content (AvgIpc) is 3.12. The predicted molar refractivity (Wildman–Crippen MR) is 192 cm³/mol. The van der Waals surface area contributed by atoms with Crippen molar-refractivity contribution < 1.29 is 0 Å². The molecule has 1 atom stereocenters. The molecule has 0 radical (unpaired) electrons. The molecule has 4 nitrogen and oxygen atoms in total. The average molecular weight is 593 g/mol. The Morgan fingerprint density at radius 3 is 2.17 bits per heavy atom. The van der Waals surface area contributed by atoms with E-state index in [1.807, 2.05) is 43.6 Å². The van der Waals surface area contributed by atoms with Crippen LogP contribution in [0.25, 0.3) is 60.9 Å². The number of benzene rings is 4. The number of nitrogens with one attached hydrogen (secondary N) is 1. The van der Waals surface area contributed by atoms with Gasteiger partial charge in [0.25, 0.3) is 0 Å². The molecule has 1 aliphatic heterocycles. The third-order valence-electron chi connectivity index (χ3n) is 8.88. The van der Waals surface area contributed by atoms with Gasteiger partial charge in [0, 0.05) is 28.4 Å². The Kier molecular flexibility index (Phi) is 6.88. The Labute approximate surface area is 268 Å². The van der Waals surface area contributed by atoms with Crippen LogP contribution in [0.1, 0.15) is 12.5 Å². The monoisotopic (exact) mass is 592 g/mol. The van der Waals surface area contributed by atoms with Crippen LogP contribution in [0.15, 0.2) is 169 Å². The Bertz CT molecular complexity index is 2290. The molecule has 3 N–H and O–H groups in total. The molecule has 1 unspecified atom stereocenters. The van der Waals surface area contributed by atoms with Crippen LogP contribution in [-0.4, -0.2) is 16.0 Å². The zero-order valence-corrected chi connectivity index (χ0v) is 25.5. The molecule has 46 heavy (non-hydrogen) atoms. The Morgan fingerprint density at radius 2 is 1.37 bits per heavy atom. The van der Waals surface area contributed by atoms with Gasteiger partial charge in [-0.1, -0.05) is 91.0 Å². The molecule has 1 aliphatic carbocycles. The fourth-order valence-corrected chi connectivity index (χ4v) is 6.45. The van der Waals surface area contributed by atoms with Gasteiger partial charge in [0.1, 0.15) is 0 Å². The molecule has 0 fully saturated rings. The largest absolute Gasteiger partial charge is 0.400 e. The van der Waals surface area contributed by atoms with Crippen molar-refractivity contribution >= 4 is 27.2 Å². The third kappa shape index (κ3) is 5.00. The summed E-state index contributed by atoms with van der Waals surface area (Å²) in [6, 6.07) is 38.6. The summed E-state index contributed by atoms with van der Waals surface area (Å²) >= 11 is 0. The smallest absolute Gasteiger partial charge is 0.0920 e. The van der Waals surface area contributed by atoms with Crippen molar-refractivity contribution in [1.82, 2.24) is 15.3 Å². The third-order valence-corrected chi connectivity index (χ3v) is 8.88. The van der Waals surface area contributed by atoms with Gasteiger partial charge in [-0.3, -0.25) is 4.98 Å². The number of nitrogens with zero attached hydrogens (tertiary/aromatic N) is 2. The fourth-order valence-electron chi connectivity index (χ4n) is 6.45. The molecule has 0 spiro atoms. The first-order valence-electron chi connectivity index (χ1n) is 15.6. The van der Waals surface area contributed by atoms with E-state index in [9.17, 15) is 0 Å². The topological polar surface area (TPSA) is 63.8 Å². The molecule has 4 heteroatoms. The maximum Gasteiger partial charge on any atom is 0.0920 e. The van der Waals surface area contributed by atoms with E-state index in [1.165, 1.54) is 33.0 Å². The van der Waals surface area contributed by atoms with Crippen LogP contribution in [0.2, 0.25) is 0 Å². The zero-order chi connectivity index (χ0) is 31.0. The molecule has 2 aromatic heterocycles. The molecule has 0 saturated carbocycles. The first kappa shape index (κ1) is 27.5. The summed E-state index contributed by atoms with van der Waals surface area (Å²) in [5, 5.41) is 6.95. The quantitative estimate of drug-likeness (QED) is 0.209. The number of allylic oxidation sites excluding steroid dienone is 6. The molecule has 4 aromatic carbocycles. The lowest BCUT2D eigenvalue weighted by Crippen LogP contribution is -2.36. The second-order valence-corrected chi connectivity index (χ2v) is 11.7. The Morgan fingerprint density at radius 1 is 0.652 bits per heavy atom. The minimum atomic E-state index is -0.0263. The van der Waals surface area contributed by atoms with Crippen LogP contribution in [0.3, 0.4) is 0 Å². The number of dihydropyridines is 1. The predicted octanol–water partition coefficient (Wildman–Crippen LogP) is 9.38. The van der Waals surface area contributed by atoms with Gasteiger partial charge >= 0.3 is 0 Å². The summed E-state index contributed by atoms with van der Waals surface area (Å²) in [6.45, 7) is 2.01. The second-order valence-electron chi connectivity index (χ2n) is 11.7. The van der Waals surface area contributed by atoms with Crippen molar-refractivity contribution in [2.75, 3.05) is 0 Å². The number of pyridine rings is 2. The van der Waals surface area contributed by atoms with Gasteiger partial charge in [-0.2, -0.15) is 0 Å². The van der Waals surface area contributed by atoms with Crippen molar-refractivity contribution in [3.63, 3.8) is 0 Å². The van der Waals surface area contributed by atoms with Crippen molar-refractivity contribution in [3.8, 4) is 33.6 Å². The normalized spacial score (nSPS) is 16.0. The van der Waals surface area contributed by atoms with Gasteiger partial charge in [-0.05, 0) is 106 Å². The highest BCUT2D eigenvalue weighted by atomic mass is 14.9. The van der Waals surface area contributed by atoms with Gasteiger partial charge < -0.3 is 11.1 Å². The molecule has 0 saturated heterocycles. The van der Waals surface area contributed by atoms with Crippen LogP contribution in [0, 0.1) is 0 Å². The van der Waals surface area contributed by atoms with Crippen molar-refractivity contribution in [2.24, 2.45) is 5.73 Å². The Balaban J connectivity index is 1.07. The molecule has 220 valence electrons. The van der Waals surface area contributed by atoms with Crippen LogP contribution in [0.4, 0.5) is 0 Å². The fraction of sp³-hybridized carbons (Fsp3) is 0.0476. The van der Waals surface area contributed by atoms with Crippen LogP contribution in [0.5, 0.6) is 0 Å². The van der Waals surface area contributed by atoms with Crippen LogP contribution >= 0.6 is 0 Å². The number of hydrogen-bond acceptors (Lipinski definition) is 4. The summed E-state index contributed by atoms with van der Waals surface area (Å²) in [7, 11) is 0. The zero-order valence-electron chi connectivity index (χ0n) is 25.5. The van der Waals surface area contributed by atoms with E-state index in [4.69, 9.17) is 10.7 Å². The highest BCUT2D eigenvalue weighted by Crippen LogP contribution is 2.34. The highest BCUT2D eigenvalue weighted by molar-refractivity contribution is 5.93. The summed E-state index contributed by atoms with van der Waals surface area (Å²) in [5.74, 6) is 0. The molecule has 6 aromatic rings. The lowest BCUT2D eigenvalue weighted by atomic mass is 9.86. The molecule has 8 rings (SSSR count). The van der Waals surface area contributed by atoms with Crippen molar-refractivity contribution in [1.29, 1.82) is 0 Å². The van der Waals surface area contributed by atoms with E-state index in [-0.39, 0.29) is 6.04 Å². The summed E-state index contributed by atoms with van der Waals surface area (Å²) in [4.78, 5) is 9.56. The van der Waals surface area contributed by atoms with Crippen LogP contribution < -0.4 is 11.1 Å². The molecule has 0 amide bonds. The summed E-state index contributed by atoms with van der Waals surface area (Å²) in [6.07, 6.45) is 14.3. The van der Waals surface area contributed by atoms with E-state index in [0.717, 1.165) is 50.3 Å². The van der Waals surface area contributed by atoms with E-state index in [0.29, 0.717) is 0 Å². The van der Waals surface area contributed by atoms with E-state index < -0.39 is 0 Å². The van der Waals surface area contributed by atoms with Gasteiger partial charge in [-0.15, -0.1) is 0 Å². The first-order valence-corrected chi connectivity index (χ1v) is 15.6. The summed E-state index contributed by atoms with van der Waals surface area (Å²) < 4.78 is 0. The Hall–Kier alpha value is -6.00. The SMILES string of the molecule is C/C=C\C1=C(N)C2NC=CC(c3ccc(-c4ccc5cc(-c6ccc7ccc(-c8ccccn8)cc7c6)ccc5n4)cc3)=C2C=C1. The highest BCUT2D eigenvalue weighted by Gasteiger charge is 2.25. The van der Waals surface area contributed by atoms with Gasteiger partial charge in [0.15, 0.2) is 0 Å². The molecule has 0 bridgehead atoms. The maximum atomic E-state index is 6.53. The molecule has 3 heterocycles. The van der Waals surface area contributed by atoms with E-state index >= 15 is 0 Å². The number of rotatable bonds is 5. The summed E-state index contributed by atoms with van der Waals surface area (Å²) in [5.41, 5.74) is 19.4. The standard InChI is InChI=1S/C42H32N4/c1-2-5-30-15-18-37-36(21-23-45-42(37)41(30)43)28-9-11-29(12-10-28)39-20-17-34-24-32(16-19-40(34)46-39)31-13-7-27-8-14-33(26-35(27)25-31)38-6-3-4-22-44-38/h2-26,42,45H,43H2,1H3/b5-2-. The van der Waals surface area contributed by atoms with Gasteiger partial charge in [0.05, 0.1) is 22.9 Å². The van der Waals surface area contributed by atoms with E-state index in [2.05, 4.69) is 126 Å².